The molecule has 2 saturated heterocycles. The highest BCUT2D eigenvalue weighted by Crippen LogP contribution is 2.23. The van der Waals surface area contributed by atoms with E-state index in [-0.39, 0.29) is 0 Å². The Labute approximate surface area is 100.0 Å². The minimum atomic E-state index is 0.312. The fourth-order valence-corrected chi connectivity index (χ4v) is 2.82. The van der Waals surface area contributed by atoms with Crippen molar-refractivity contribution in [2.24, 2.45) is 11.1 Å². The maximum Gasteiger partial charge on any atom is 0.0224 e. The molecule has 3 heteroatoms. The number of fused-ring (bicyclic) bond motifs is 1. The van der Waals surface area contributed by atoms with Crippen molar-refractivity contribution in [2.45, 2.75) is 39.2 Å². The standard InChI is InChI=1S/C13H27N3/c1-13(2,11-14)5-7-15-8-9-16-6-3-4-12(16)10-15/h12H,3-11,14H2,1-2H3. The third-order valence-electron chi connectivity index (χ3n) is 4.33. The van der Waals surface area contributed by atoms with Gasteiger partial charge in [0, 0.05) is 25.7 Å². The van der Waals surface area contributed by atoms with Crippen LogP contribution in [0.5, 0.6) is 0 Å². The molecule has 2 N–H and O–H groups in total. The van der Waals surface area contributed by atoms with E-state index in [1.165, 1.54) is 52.0 Å². The topological polar surface area (TPSA) is 32.5 Å². The van der Waals surface area contributed by atoms with E-state index < -0.39 is 0 Å². The zero-order valence-corrected chi connectivity index (χ0v) is 10.9. The summed E-state index contributed by atoms with van der Waals surface area (Å²) in [6.07, 6.45) is 4.06. The van der Waals surface area contributed by atoms with Gasteiger partial charge in [-0.1, -0.05) is 13.8 Å². The van der Waals surface area contributed by atoms with Gasteiger partial charge in [0.1, 0.15) is 0 Å². The van der Waals surface area contributed by atoms with Crippen LogP contribution in [-0.2, 0) is 0 Å². The first kappa shape index (κ1) is 12.3. The summed E-state index contributed by atoms with van der Waals surface area (Å²) >= 11 is 0. The summed E-state index contributed by atoms with van der Waals surface area (Å²) in [5.74, 6) is 0. The van der Waals surface area contributed by atoms with E-state index in [0.29, 0.717) is 5.41 Å². The van der Waals surface area contributed by atoms with Gasteiger partial charge in [-0.25, -0.2) is 0 Å². The van der Waals surface area contributed by atoms with E-state index in [1.54, 1.807) is 0 Å². The Kier molecular flexibility index (Phi) is 3.88. The molecule has 16 heavy (non-hydrogen) atoms. The highest BCUT2D eigenvalue weighted by molar-refractivity contribution is 4.87. The molecule has 0 saturated carbocycles. The fourth-order valence-electron chi connectivity index (χ4n) is 2.82. The maximum absolute atomic E-state index is 5.78. The predicted molar refractivity (Wildman–Crippen MR) is 68.5 cm³/mol. The molecule has 1 atom stereocenters. The lowest BCUT2D eigenvalue weighted by Crippen LogP contribution is -2.50. The molecule has 2 heterocycles. The van der Waals surface area contributed by atoms with Gasteiger partial charge in [-0.2, -0.15) is 0 Å². The lowest BCUT2D eigenvalue weighted by Gasteiger charge is -2.38. The molecule has 1 unspecified atom stereocenters. The summed E-state index contributed by atoms with van der Waals surface area (Å²) < 4.78 is 0. The first-order chi connectivity index (χ1) is 7.61. The van der Waals surface area contributed by atoms with E-state index >= 15 is 0 Å². The molecule has 2 aliphatic heterocycles. The molecule has 2 fully saturated rings. The largest absolute Gasteiger partial charge is 0.330 e. The Bertz CT molecular complexity index is 227. The molecule has 0 spiro atoms. The van der Waals surface area contributed by atoms with Crippen LogP contribution in [-0.4, -0.2) is 55.1 Å². The molecule has 2 rings (SSSR count). The van der Waals surface area contributed by atoms with Gasteiger partial charge in [-0.05, 0) is 44.3 Å². The Morgan fingerprint density at radius 2 is 2.06 bits per heavy atom. The Morgan fingerprint density at radius 3 is 2.81 bits per heavy atom. The zero-order valence-electron chi connectivity index (χ0n) is 10.9. The molecular formula is C13H27N3. The molecule has 0 amide bonds. The second-order valence-corrected chi connectivity index (χ2v) is 6.25. The van der Waals surface area contributed by atoms with E-state index in [9.17, 15) is 0 Å². The minimum absolute atomic E-state index is 0.312. The van der Waals surface area contributed by atoms with Crippen molar-refractivity contribution < 1.29 is 0 Å². The summed E-state index contributed by atoms with van der Waals surface area (Å²) in [6, 6.07) is 0.856. The third kappa shape index (κ3) is 2.96. The van der Waals surface area contributed by atoms with Crippen LogP contribution < -0.4 is 5.73 Å². The summed E-state index contributed by atoms with van der Waals surface area (Å²) in [5.41, 5.74) is 6.09. The molecule has 3 nitrogen and oxygen atoms in total. The molecule has 2 aliphatic rings. The van der Waals surface area contributed by atoms with Gasteiger partial charge < -0.3 is 10.6 Å². The first-order valence-electron chi connectivity index (χ1n) is 6.77. The quantitative estimate of drug-likeness (QED) is 0.779. The van der Waals surface area contributed by atoms with Gasteiger partial charge >= 0.3 is 0 Å². The van der Waals surface area contributed by atoms with Crippen molar-refractivity contribution >= 4 is 0 Å². The second-order valence-electron chi connectivity index (χ2n) is 6.25. The van der Waals surface area contributed by atoms with Gasteiger partial charge in [0.05, 0.1) is 0 Å². The highest BCUT2D eigenvalue weighted by Gasteiger charge is 2.30. The van der Waals surface area contributed by atoms with Crippen LogP contribution in [0.25, 0.3) is 0 Å². The van der Waals surface area contributed by atoms with Crippen LogP contribution in [0.1, 0.15) is 33.1 Å². The van der Waals surface area contributed by atoms with E-state index in [0.717, 1.165) is 12.6 Å². The fraction of sp³-hybridized carbons (Fsp3) is 1.00. The minimum Gasteiger partial charge on any atom is -0.330 e. The number of piperazine rings is 1. The summed E-state index contributed by atoms with van der Waals surface area (Å²) in [5, 5.41) is 0. The van der Waals surface area contributed by atoms with Gasteiger partial charge in [0.2, 0.25) is 0 Å². The average molecular weight is 225 g/mol. The van der Waals surface area contributed by atoms with Gasteiger partial charge in [0.25, 0.3) is 0 Å². The average Bonchev–Trinajstić information content (AvgIpc) is 2.73. The highest BCUT2D eigenvalue weighted by atomic mass is 15.3. The van der Waals surface area contributed by atoms with Crippen molar-refractivity contribution in [2.75, 3.05) is 39.3 Å². The lowest BCUT2D eigenvalue weighted by atomic mass is 9.89. The monoisotopic (exact) mass is 225 g/mol. The number of hydrogen-bond acceptors (Lipinski definition) is 3. The smallest absolute Gasteiger partial charge is 0.0224 e. The molecule has 0 aliphatic carbocycles. The van der Waals surface area contributed by atoms with Crippen LogP contribution in [0.2, 0.25) is 0 Å². The van der Waals surface area contributed by atoms with Crippen LogP contribution in [0.4, 0.5) is 0 Å². The normalized spacial score (nSPS) is 28.3. The predicted octanol–water partition coefficient (Wildman–Crippen LogP) is 1.14. The number of nitrogens with two attached hydrogens (primary N) is 1. The van der Waals surface area contributed by atoms with Crippen molar-refractivity contribution in [1.29, 1.82) is 0 Å². The second kappa shape index (κ2) is 5.03. The van der Waals surface area contributed by atoms with Crippen LogP contribution in [0.15, 0.2) is 0 Å². The molecule has 0 aromatic carbocycles. The van der Waals surface area contributed by atoms with E-state index in [4.69, 9.17) is 5.73 Å². The Balaban J connectivity index is 1.75. The van der Waals surface area contributed by atoms with Crippen molar-refractivity contribution in [1.82, 2.24) is 9.80 Å². The van der Waals surface area contributed by atoms with Gasteiger partial charge in [0.15, 0.2) is 0 Å². The summed E-state index contributed by atoms with van der Waals surface area (Å²) in [4.78, 5) is 5.31. The van der Waals surface area contributed by atoms with Crippen molar-refractivity contribution in [3.8, 4) is 0 Å². The Hall–Kier alpha value is -0.120. The van der Waals surface area contributed by atoms with Crippen LogP contribution >= 0.6 is 0 Å². The van der Waals surface area contributed by atoms with Crippen LogP contribution in [0, 0.1) is 5.41 Å². The number of rotatable bonds is 4. The molecule has 94 valence electrons. The lowest BCUT2D eigenvalue weighted by molar-refractivity contribution is 0.0944. The Morgan fingerprint density at radius 1 is 1.25 bits per heavy atom. The first-order valence-corrected chi connectivity index (χ1v) is 6.77. The SMILES string of the molecule is CC(C)(CN)CCN1CCN2CCCC2C1. The maximum atomic E-state index is 5.78. The van der Waals surface area contributed by atoms with Crippen LogP contribution in [0.3, 0.4) is 0 Å². The van der Waals surface area contributed by atoms with E-state index in [2.05, 4.69) is 23.6 Å². The molecule has 0 radical (unpaired) electrons. The van der Waals surface area contributed by atoms with E-state index in [1.807, 2.05) is 0 Å². The summed E-state index contributed by atoms with van der Waals surface area (Å²) in [6.45, 7) is 11.8. The zero-order chi connectivity index (χ0) is 11.6. The summed E-state index contributed by atoms with van der Waals surface area (Å²) in [7, 11) is 0. The molecular weight excluding hydrogens is 198 g/mol. The number of hydrogen-bond donors (Lipinski definition) is 1. The third-order valence-corrected chi connectivity index (χ3v) is 4.33. The van der Waals surface area contributed by atoms with Gasteiger partial charge in [-0.3, -0.25) is 4.90 Å². The molecule has 0 aromatic rings. The van der Waals surface area contributed by atoms with Gasteiger partial charge in [-0.15, -0.1) is 0 Å². The van der Waals surface area contributed by atoms with Crippen molar-refractivity contribution in [3.63, 3.8) is 0 Å². The molecule has 0 aromatic heterocycles. The molecule has 0 bridgehead atoms. The van der Waals surface area contributed by atoms with Crippen molar-refractivity contribution in [3.05, 3.63) is 0 Å². The number of nitrogens with zero attached hydrogens (tertiary/aromatic N) is 2.